The highest BCUT2D eigenvalue weighted by molar-refractivity contribution is 6.77. The van der Waals surface area contributed by atoms with Gasteiger partial charge in [-0.25, -0.2) is 0 Å². The van der Waals surface area contributed by atoms with Crippen molar-refractivity contribution in [1.29, 1.82) is 0 Å². The van der Waals surface area contributed by atoms with E-state index < -0.39 is 8.32 Å². The number of rotatable bonds is 9. The molecule has 0 aromatic heterocycles. The van der Waals surface area contributed by atoms with Crippen LogP contribution in [0, 0.1) is 0 Å². The van der Waals surface area contributed by atoms with Crippen LogP contribution in [-0.4, -0.2) is 14.9 Å². The normalized spacial score (nSPS) is 15.2. The van der Waals surface area contributed by atoms with E-state index in [9.17, 15) is 0 Å². The summed E-state index contributed by atoms with van der Waals surface area (Å²) in [5, 5.41) is 0. The van der Waals surface area contributed by atoms with Gasteiger partial charge in [0.2, 0.25) is 0 Å². The van der Waals surface area contributed by atoms with Crippen LogP contribution in [0.15, 0.2) is 43.0 Å². The summed E-state index contributed by atoms with van der Waals surface area (Å²) in [7, 11) is -1.85. The molecule has 0 radical (unpaired) electrons. The maximum Gasteiger partial charge on any atom is 0.200 e. The van der Waals surface area contributed by atoms with Gasteiger partial charge in [0, 0.05) is 12.0 Å². The standard InChI is InChI=1S/C21H36OSi/c1-9-21(10-2,20-14-12-11-13-15-20)16-22-23(17(3)4,18(5)6)19(7)8/h9,11-15,17-19H,1,10,16H2,2-8H3. The molecule has 1 nitrogen and oxygen atoms in total. The zero-order valence-corrected chi connectivity index (χ0v) is 17.2. The van der Waals surface area contributed by atoms with Gasteiger partial charge in [-0.1, -0.05) is 84.9 Å². The summed E-state index contributed by atoms with van der Waals surface area (Å²) >= 11 is 0. The van der Waals surface area contributed by atoms with Crippen LogP contribution >= 0.6 is 0 Å². The van der Waals surface area contributed by atoms with Gasteiger partial charge in [-0.05, 0) is 28.6 Å². The summed E-state index contributed by atoms with van der Waals surface area (Å²) in [6.07, 6.45) is 3.11. The molecule has 0 bridgehead atoms. The third kappa shape index (κ3) is 3.97. The number of benzene rings is 1. The minimum Gasteiger partial charge on any atom is -0.415 e. The third-order valence-corrected chi connectivity index (χ3v) is 11.7. The van der Waals surface area contributed by atoms with E-state index in [1.165, 1.54) is 5.56 Å². The lowest BCUT2D eigenvalue weighted by atomic mass is 9.79. The van der Waals surface area contributed by atoms with E-state index in [0.717, 1.165) is 13.0 Å². The SMILES string of the molecule is C=CC(CC)(CO[Si](C(C)C)(C(C)C)C(C)C)c1ccccc1. The predicted molar refractivity (Wildman–Crippen MR) is 106 cm³/mol. The van der Waals surface area contributed by atoms with Crippen molar-refractivity contribution < 1.29 is 4.43 Å². The molecule has 0 saturated carbocycles. The molecule has 0 saturated heterocycles. The third-order valence-electron chi connectivity index (χ3n) is 5.66. The van der Waals surface area contributed by atoms with Crippen molar-refractivity contribution >= 4 is 8.32 Å². The molecular formula is C21H36OSi. The molecule has 0 spiro atoms. The molecule has 1 rings (SSSR count). The van der Waals surface area contributed by atoms with E-state index >= 15 is 0 Å². The summed E-state index contributed by atoms with van der Waals surface area (Å²) in [5.41, 5.74) is 3.06. The molecule has 130 valence electrons. The zero-order valence-electron chi connectivity index (χ0n) is 16.2. The van der Waals surface area contributed by atoms with Gasteiger partial charge in [-0.15, -0.1) is 6.58 Å². The molecule has 0 heterocycles. The maximum atomic E-state index is 6.88. The lowest BCUT2D eigenvalue weighted by molar-refractivity contribution is 0.215. The Morgan fingerprint density at radius 2 is 1.48 bits per heavy atom. The molecule has 1 unspecified atom stereocenters. The minimum absolute atomic E-state index is 0.0851. The van der Waals surface area contributed by atoms with Crippen molar-refractivity contribution in [2.24, 2.45) is 0 Å². The van der Waals surface area contributed by atoms with Crippen molar-refractivity contribution in [3.8, 4) is 0 Å². The predicted octanol–water partition coefficient (Wildman–Crippen LogP) is 6.71. The fourth-order valence-electron chi connectivity index (χ4n) is 4.23. The monoisotopic (exact) mass is 332 g/mol. The van der Waals surface area contributed by atoms with Gasteiger partial charge in [-0.2, -0.15) is 0 Å². The Balaban J connectivity index is 3.17. The molecular weight excluding hydrogens is 296 g/mol. The van der Waals surface area contributed by atoms with Crippen molar-refractivity contribution in [2.45, 2.75) is 76.9 Å². The summed E-state index contributed by atoms with van der Waals surface area (Å²) in [6.45, 7) is 21.2. The van der Waals surface area contributed by atoms with Gasteiger partial charge in [0.05, 0.1) is 0 Å². The second kappa shape index (κ2) is 8.30. The van der Waals surface area contributed by atoms with Gasteiger partial charge >= 0.3 is 0 Å². The molecule has 0 aliphatic rings. The van der Waals surface area contributed by atoms with Crippen LogP contribution in [0.2, 0.25) is 16.6 Å². The fraction of sp³-hybridized carbons (Fsp3) is 0.619. The van der Waals surface area contributed by atoms with Crippen molar-refractivity contribution in [3.63, 3.8) is 0 Å². The van der Waals surface area contributed by atoms with Gasteiger partial charge in [0.15, 0.2) is 8.32 Å². The van der Waals surface area contributed by atoms with Crippen LogP contribution in [0.4, 0.5) is 0 Å². The van der Waals surface area contributed by atoms with E-state index in [1.807, 2.05) is 0 Å². The highest BCUT2D eigenvalue weighted by Gasteiger charge is 2.46. The first kappa shape index (κ1) is 20.2. The van der Waals surface area contributed by atoms with E-state index in [1.54, 1.807) is 0 Å². The fourth-order valence-corrected chi connectivity index (χ4v) is 9.74. The quantitative estimate of drug-likeness (QED) is 0.360. The first-order chi connectivity index (χ1) is 10.8. The Morgan fingerprint density at radius 1 is 1.00 bits per heavy atom. The maximum absolute atomic E-state index is 6.88. The molecule has 1 aromatic rings. The van der Waals surface area contributed by atoms with Crippen LogP contribution in [0.5, 0.6) is 0 Å². The number of hydrogen-bond acceptors (Lipinski definition) is 1. The Kier molecular flexibility index (Phi) is 7.28. The van der Waals surface area contributed by atoms with E-state index in [-0.39, 0.29) is 5.41 Å². The van der Waals surface area contributed by atoms with E-state index in [4.69, 9.17) is 4.43 Å². The first-order valence-corrected chi connectivity index (χ1v) is 11.2. The minimum atomic E-state index is -1.85. The summed E-state index contributed by atoms with van der Waals surface area (Å²) in [5.74, 6) is 0. The van der Waals surface area contributed by atoms with Gasteiger partial charge in [-0.3, -0.25) is 0 Å². The smallest absolute Gasteiger partial charge is 0.200 e. The lowest BCUT2D eigenvalue weighted by Gasteiger charge is -2.45. The van der Waals surface area contributed by atoms with Crippen molar-refractivity contribution in [3.05, 3.63) is 48.6 Å². The van der Waals surface area contributed by atoms with Crippen molar-refractivity contribution in [2.75, 3.05) is 6.61 Å². The van der Waals surface area contributed by atoms with E-state index in [0.29, 0.717) is 16.6 Å². The second-order valence-electron chi connectivity index (χ2n) is 7.69. The Morgan fingerprint density at radius 3 is 1.83 bits per heavy atom. The Hall–Kier alpha value is -0.863. The Labute approximate surface area is 145 Å². The molecule has 0 amide bonds. The second-order valence-corrected chi connectivity index (χ2v) is 13.1. The topological polar surface area (TPSA) is 9.23 Å². The van der Waals surface area contributed by atoms with Gasteiger partial charge < -0.3 is 4.43 Å². The van der Waals surface area contributed by atoms with Crippen molar-refractivity contribution in [1.82, 2.24) is 0 Å². The lowest BCUT2D eigenvalue weighted by Crippen LogP contribution is -2.50. The van der Waals surface area contributed by atoms with Gasteiger partial charge in [0.1, 0.15) is 0 Å². The highest BCUT2D eigenvalue weighted by atomic mass is 28.4. The molecule has 2 heteroatoms. The van der Waals surface area contributed by atoms with Crippen LogP contribution < -0.4 is 0 Å². The highest BCUT2D eigenvalue weighted by Crippen LogP contribution is 2.44. The van der Waals surface area contributed by atoms with Crippen LogP contribution in [0.1, 0.15) is 60.5 Å². The average Bonchev–Trinajstić information content (AvgIpc) is 2.52. The summed E-state index contributed by atoms with van der Waals surface area (Å²) < 4.78 is 6.88. The Bertz CT molecular complexity index is 456. The molecule has 0 fully saturated rings. The molecule has 0 aliphatic carbocycles. The van der Waals surface area contributed by atoms with Crippen LogP contribution in [0.25, 0.3) is 0 Å². The number of hydrogen-bond donors (Lipinski definition) is 0. The summed E-state index contributed by atoms with van der Waals surface area (Å²) in [4.78, 5) is 0. The largest absolute Gasteiger partial charge is 0.415 e. The zero-order chi connectivity index (χ0) is 17.7. The first-order valence-electron chi connectivity index (χ1n) is 9.09. The average molecular weight is 333 g/mol. The van der Waals surface area contributed by atoms with E-state index in [2.05, 4.69) is 91.5 Å². The van der Waals surface area contributed by atoms with Crippen LogP contribution in [0.3, 0.4) is 0 Å². The molecule has 1 aromatic carbocycles. The summed E-state index contributed by atoms with van der Waals surface area (Å²) in [6, 6.07) is 10.7. The van der Waals surface area contributed by atoms with Gasteiger partial charge in [0.25, 0.3) is 0 Å². The van der Waals surface area contributed by atoms with Crippen LogP contribution in [-0.2, 0) is 9.84 Å². The molecule has 0 N–H and O–H groups in total. The molecule has 23 heavy (non-hydrogen) atoms. The molecule has 0 aliphatic heterocycles. The molecule has 1 atom stereocenters.